The van der Waals surface area contributed by atoms with Crippen LogP contribution in [0.2, 0.25) is 0 Å². The van der Waals surface area contributed by atoms with Crippen LogP contribution in [0.1, 0.15) is 47.3 Å². The van der Waals surface area contributed by atoms with E-state index in [9.17, 15) is 9.59 Å². The first kappa shape index (κ1) is 18.9. The highest BCUT2D eigenvalue weighted by Gasteiger charge is 2.42. The summed E-state index contributed by atoms with van der Waals surface area (Å²) >= 11 is 1.57. The van der Waals surface area contributed by atoms with Crippen LogP contribution in [0, 0.1) is 0 Å². The molecule has 0 bridgehead atoms. The minimum absolute atomic E-state index is 0.102. The smallest absolute Gasteiger partial charge is 0.290 e. The zero-order valence-electron chi connectivity index (χ0n) is 16.2. The monoisotopic (exact) mass is 396 g/mol. The molecular formula is C22H24N2O3S. The Hall–Kier alpha value is -2.44. The molecule has 0 spiro atoms. The number of hydrogen-bond donors (Lipinski definition) is 0. The summed E-state index contributed by atoms with van der Waals surface area (Å²) in [7, 11) is 0. The quantitative estimate of drug-likeness (QED) is 0.603. The number of fused-ring (bicyclic) bond motifs is 2. The van der Waals surface area contributed by atoms with Crippen LogP contribution >= 0.6 is 11.3 Å². The molecule has 0 radical (unpaired) electrons. The first-order valence-electron chi connectivity index (χ1n) is 9.78. The molecule has 0 saturated heterocycles. The van der Waals surface area contributed by atoms with Gasteiger partial charge in [-0.2, -0.15) is 0 Å². The van der Waals surface area contributed by atoms with E-state index in [0.717, 1.165) is 30.9 Å². The zero-order chi connectivity index (χ0) is 19.7. The van der Waals surface area contributed by atoms with Crippen LogP contribution in [-0.2, 0) is 0 Å². The average Bonchev–Trinajstić information content (AvgIpc) is 3.33. The second kappa shape index (κ2) is 7.89. The Morgan fingerprint density at radius 3 is 2.61 bits per heavy atom. The molecule has 4 rings (SSSR count). The van der Waals surface area contributed by atoms with Crippen LogP contribution in [0.4, 0.5) is 0 Å². The van der Waals surface area contributed by atoms with Gasteiger partial charge >= 0.3 is 0 Å². The molecule has 28 heavy (non-hydrogen) atoms. The number of nitrogens with zero attached hydrogens (tertiary/aromatic N) is 2. The molecule has 1 atom stereocenters. The van der Waals surface area contributed by atoms with Crippen molar-refractivity contribution in [2.75, 3.05) is 26.2 Å². The lowest BCUT2D eigenvalue weighted by Gasteiger charge is -2.25. The first-order chi connectivity index (χ1) is 13.7. The summed E-state index contributed by atoms with van der Waals surface area (Å²) in [5.74, 6) is 0.0146. The third-order valence-corrected chi connectivity index (χ3v) is 6.38. The van der Waals surface area contributed by atoms with Crippen LogP contribution in [-0.4, -0.2) is 41.9 Å². The van der Waals surface area contributed by atoms with Crippen molar-refractivity contribution < 1.29 is 9.21 Å². The van der Waals surface area contributed by atoms with Gasteiger partial charge < -0.3 is 14.2 Å². The van der Waals surface area contributed by atoms with Gasteiger partial charge in [0.1, 0.15) is 5.58 Å². The summed E-state index contributed by atoms with van der Waals surface area (Å²) in [6, 6.07) is 10.7. The molecule has 0 aliphatic carbocycles. The van der Waals surface area contributed by atoms with Crippen molar-refractivity contribution in [3.63, 3.8) is 0 Å². The maximum atomic E-state index is 13.2. The number of para-hydroxylation sites is 1. The maximum absolute atomic E-state index is 13.2. The molecule has 1 aliphatic rings. The van der Waals surface area contributed by atoms with E-state index in [-0.39, 0.29) is 23.1 Å². The highest BCUT2D eigenvalue weighted by Crippen LogP contribution is 2.39. The second-order valence-corrected chi connectivity index (χ2v) is 7.95. The number of rotatable bonds is 7. The lowest BCUT2D eigenvalue weighted by atomic mass is 10.0. The Morgan fingerprint density at radius 2 is 1.89 bits per heavy atom. The van der Waals surface area contributed by atoms with Gasteiger partial charge in [-0.05, 0) is 49.6 Å². The Balaban J connectivity index is 1.75. The van der Waals surface area contributed by atoms with Crippen molar-refractivity contribution in [2.24, 2.45) is 0 Å². The molecule has 0 fully saturated rings. The van der Waals surface area contributed by atoms with Gasteiger partial charge in [-0.3, -0.25) is 9.59 Å². The standard InChI is InChI=1S/C22H24N2O3S/c1-3-23(4-2)12-8-13-24-19(17-11-7-14-28-17)18-20(25)15-9-5-6-10-16(15)27-21(18)22(24)26/h5-7,9-11,14,19H,3-4,8,12-13H2,1-2H3/t19-/m1/s1. The third kappa shape index (κ3) is 3.16. The van der Waals surface area contributed by atoms with Gasteiger partial charge in [0, 0.05) is 11.4 Å². The molecule has 146 valence electrons. The molecule has 0 unspecified atom stereocenters. The van der Waals surface area contributed by atoms with Crippen molar-refractivity contribution in [1.82, 2.24) is 9.80 Å². The Morgan fingerprint density at radius 1 is 1.11 bits per heavy atom. The summed E-state index contributed by atoms with van der Waals surface area (Å²) in [4.78, 5) is 31.6. The maximum Gasteiger partial charge on any atom is 0.290 e. The minimum atomic E-state index is -0.361. The average molecular weight is 397 g/mol. The van der Waals surface area contributed by atoms with Crippen LogP contribution in [0.25, 0.3) is 11.0 Å². The molecule has 3 heterocycles. The molecular weight excluding hydrogens is 372 g/mol. The number of amides is 1. The van der Waals surface area contributed by atoms with Crippen LogP contribution in [0.3, 0.4) is 0 Å². The van der Waals surface area contributed by atoms with Crippen LogP contribution in [0.15, 0.2) is 51.0 Å². The van der Waals surface area contributed by atoms with Gasteiger partial charge in [-0.15, -0.1) is 11.3 Å². The molecule has 5 nitrogen and oxygen atoms in total. The van der Waals surface area contributed by atoms with Gasteiger partial charge in [-0.1, -0.05) is 32.0 Å². The number of carbonyl (C=O) groups is 1. The summed E-state index contributed by atoms with van der Waals surface area (Å²) in [6.45, 7) is 7.78. The molecule has 1 amide bonds. The fraction of sp³-hybridized carbons (Fsp3) is 0.364. The van der Waals surface area contributed by atoms with E-state index in [4.69, 9.17) is 4.42 Å². The number of carbonyl (C=O) groups excluding carboxylic acids is 1. The largest absolute Gasteiger partial charge is 0.450 e. The van der Waals surface area contributed by atoms with Crippen LogP contribution < -0.4 is 5.43 Å². The van der Waals surface area contributed by atoms with Crippen molar-refractivity contribution >= 4 is 28.2 Å². The number of thiophene rings is 1. The summed E-state index contributed by atoms with van der Waals surface area (Å²) in [5, 5.41) is 2.51. The van der Waals surface area contributed by atoms with Gasteiger partial charge in [0.2, 0.25) is 5.76 Å². The normalized spacial score (nSPS) is 16.3. The molecule has 0 saturated carbocycles. The molecule has 6 heteroatoms. The Bertz CT molecular complexity index is 1040. The SMILES string of the molecule is CCN(CC)CCCN1C(=O)c2oc3ccccc3c(=O)c2[C@H]1c1cccs1. The van der Waals surface area contributed by atoms with Crippen molar-refractivity contribution in [2.45, 2.75) is 26.3 Å². The summed E-state index contributed by atoms with van der Waals surface area (Å²) in [6.07, 6.45) is 0.858. The van der Waals surface area contributed by atoms with E-state index in [2.05, 4.69) is 18.7 Å². The highest BCUT2D eigenvalue weighted by atomic mass is 32.1. The van der Waals surface area contributed by atoms with E-state index in [1.807, 2.05) is 34.5 Å². The van der Waals surface area contributed by atoms with Crippen molar-refractivity contribution in [3.05, 3.63) is 68.2 Å². The molecule has 3 aromatic rings. The van der Waals surface area contributed by atoms with E-state index < -0.39 is 0 Å². The summed E-state index contributed by atoms with van der Waals surface area (Å²) in [5.41, 5.74) is 0.846. The fourth-order valence-corrected chi connectivity index (χ4v) is 4.79. The van der Waals surface area contributed by atoms with Gasteiger partial charge in [-0.25, -0.2) is 0 Å². The van der Waals surface area contributed by atoms with Crippen LogP contribution in [0.5, 0.6) is 0 Å². The number of hydrogen-bond acceptors (Lipinski definition) is 5. The van der Waals surface area contributed by atoms with Gasteiger partial charge in [0.15, 0.2) is 5.43 Å². The van der Waals surface area contributed by atoms with Crippen molar-refractivity contribution in [1.29, 1.82) is 0 Å². The minimum Gasteiger partial charge on any atom is -0.450 e. The Labute approximate surface area is 168 Å². The van der Waals surface area contributed by atoms with Gasteiger partial charge in [0.05, 0.1) is 17.0 Å². The lowest BCUT2D eigenvalue weighted by Crippen LogP contribution is -2.33. The predicted molar refractivity (Wildman–Crippen MR) is 112 cm³/mol. The van der Waals surface area contributed by atoms with E-state index in [0.29, 0.717) is 23.1 Å². The molecule has 2 aromatic heterocycles. The third-order valence-electron chi connectivity index (χ3n) is 5.45. The second-order valence-electron chi connectivity index (χ2n) is 6.97. The molecule has 0 N–H and O–H groups in total. The first-order valence-corrected chi connectivity index (χ1v) is 10.7. The molecule has 1 aromatic carbocycles. The highest BCUT2D eigenvalue weighted by molar-refractivity contribution is 7.10. The van der Waals surface area contributed by atoms with E-state index in [1.165, 1.54) is 0 Å². The van der Waals surface area contributed by atoms with E-state index in [1.54, 1.807) is 23.5 Å². The summed E-state index contributed by atoms with van der Waals surface area (Å²) < 4.78 is 5.93. The molecule has 1 aliphatic heterocycles. The fourth-order valence-electron chi connectivity index (χ4n) is 3.94. The zero-order valence-corrected chi connectivity index (χ0v) is 17.0. The van der Waals surface area contributed by atoms with Crippen molar-refractivity contribution in [3.8, 4) is 0 Å². The predicted octanol–water partition coefficient (Wildman–Crippen LogP) is 4.13. The lowest BCUT2D eigenvalue weighted by molar-refractivity contribution is 0.0722. The Kier molecular flexibility index (Phi) is 5.33. The number of benzene rings is 1. The van der Waals surface area contributed by atoms with E-state index >= 15 is 0 Å². The topological polar surface area (TPSA) is 53.8 Å². The van der Waals surface area contributed by atoms with Gasteiger partial charge in [0.25, 0.3) is 5.91 Å².